The fourth-order valence-corrected chi connectivity index (χ4v) is 3.13. The number of carboxylic acid groups (broad SMARTS) is 1. The van der Waals surface area contributed by atoms with Gasteiger partial charge in [-0.15, -0.1) is 0 Å². The smallest absolute Gasteiger partial charge is 0.257 e. The van der Waals surface area contributed by atoms with Gasteiger partial charge in [0.1, 0.15) is 22.8 Å². The second kappa shape index (κ2) is 9.26. The molecule has 0 saturated carbocycles. The zero-order chi connectivity index (χ0) is 21.7. The monoisotopic (exact) mass is 407 g/mol. The second-order valence-corrected chi connectivity index (χ2v) is 7.17. The van der Waals surface area contributed by atoms with Gasteiger partial charge < -0.3 is 24.5 Å². The molecule has 3 aromatic rings. The molecule has 0 fully saturated rings. The third-order valence-corrected chi connectivity index (χ3v) is 4.47. The maximum atomic E-state index is 13.0. The Hall–Kier alpha value is -3.61. The van der Waals surface area contributed by atoms with E-state index >= 15 is 0 Å². The van der Waals surface area contributed by atoms with Crippen LogP contribution in [0.5, 0.6) is 5.75 Å². The Kier molecular flexibility index (Phi) is 6.51. The lowest BCUT2D eigenvalue weighted by Gasteiger charge is -2.20. The fraction of sp³-hybridized carbons (Fsp3) is 0.261. The maximum Gasteiger partial charge on any atom is 0.257 e. The lowest BCUT2D eigenvalue weighted by molar-refractivity contribution is -0.306. The fourth-order valence-electron chi connectivity index (χ4n) is 3.13. The molecule has 0 unspecified atom stereocenters. The van der Waals surface area contributed by atoms with Gasteiger partial charge in [-0.1, -0.05) is 47.6 Å². The summed E-state index contributed by atoms with van der Waals surface area (Å²) < 4.78 is 10.8. The molecule has 2 aromatic carbocycles. The lowest BCUT2D eigenvalue weighted by atomic mass is 10.0. The van der Waals surface area contributed by atoms with Gasteiger partial charge in [0.2, 0.25) is 0 Å². The van der Waals surface area contributed by atoms with Gasteiger partial charge in [0, 0.05) is 18.0 Å². The van der Waals surface area contributed by atoms with Crippen LogP contribution in [0.1, 0.15) is 48.0 Å². The molecule has 1 atom stereocenters. The molecule has 0 saturated heterocycles. The van der Waals surface area contributed by atoms with E-state index in [-0.39, 0.29) is 18.1 Å². The standard InChI is InChI=1S/C23H24N2O5/c1-14(2)29-18-11-9-16(10-12-18)19(13-20(26)27)24-23(28)21-15(3)30-25-22(21)17-7-5-4-6-8-17/h4-12,14,19H,13H2,1-3H3,(H,24,28)(H,26,27)/p-1/t19-/m0/s1. The average molecular weight is 407 g/mol. The minimum atomic E-state index is -1.27. The summed E-state index contributed by atoms with van der Waals surface area (Å²) in [5.74, 6) is -0.734. The van der Waals surface area contributed by atoms with Crippen LogP contribution in [0.15, 0.2) is 59.1 Å². The highest BCUT2D eigenvalue weighted by molar-refractivity contribution is 6.01. The number of hydrogen-bond acceptors (Lipinski definition) is 6. The van der Waals surface area contributed by atoms with Gasteiger partial charge in [-0.3, -0.25) is 4.79 Å². The average Bonchev–Trinajstić information content (AvgIpc) is 3.09. The summed E-state index contributed by atoms with van der Waals surface area (Å²) in [6.45, 7) is 5.47. The Morgan fingerprint density at radius 2 is 1.77 bits per heavy atom. The first-order valence-corrected chi connectivity index (χ1v) is 9.64. The van der Waals surface area contributed by atoms with Crippen molar-refractivity contribution in [1.82, 2.24) is 10.5 Å². The molecule has 1 amide bonds. The van der Waals surface area contributed by atoms with E-state index in [1.54, 1.807) is 31.2 Å². The van der Waals surface area contributed by atoms with Gasteiger partial charge in [-0.2, -0.15) is 0 Å². The van der Waals surface area contributed by atoms with Crippen molar-refractivity contribution in [2.24, 2.45) is 0 Å². The number of carbonyl (C=O) groups is 2. The van der Waals surface area contributed by atoms with Gasteiger partial charge >= 0.3 is 0 Å². The highest BCUT2D eigenvalue weighted by Crippen LogP contribution is 2.27. The van der Waals surface area contributed by atoms with E-state index in [0.29, 0.717) is 22.8 Å². The van der Waals surface area contributed by atoms with Crippen LogP contribution in [0.25, 0.3) is 11.3 Å². The molecule has 0 bridgehead atoms. The summed E-state index contributed by atoms with van der Waals surface area (Å²) in [6, 6.07) is 15.3. The van der Waals surface area contributed by atoms with E-state index in [9.17, 15) is 14.7 Å². The number of aryl methyl sites for hydroxylation is 1. The number of carbonyl (C=O) groups excluding carboxylic acids is 2. The molecule has 7 nitrogen and oxygen atoms in total. The maximum absolute atomic E-state index is 13.0. The van der Waals surface area contributed by atoms with E-state index < -0.39 is 17.9 Å². The van der Waals surface area contributed by atoms with E-state index in [2.05, 4.69) is 10.5 Å². The van der Waals surface area contributed by atoms with Crippen LogP contribution in [-0.4, -0.2) is 23.1 Å². The lowest BCUT2D eigenvalue weighted by Crippen LogP contribution is -2.34. The van der Waals surface area contributed by atoms with Crippen molar-refractivity contribution in [2.45, 2.75) is 39.3 Å². The van der Waals surface area contributed by atoms with E-state index in [1.807, 2.05) is 44.2 Å². The quantitative estimate of drug-likeness (QED) is 0.615. The zero-order valence-corrected chi connectivity index (χ0v) is 17.0. The van der Waals surface area contributed by atoms with Crippen LogP contribution < -0.4 is 15.2 Å². The Morgan fingerprint density at radius 1 is 1.10 bits per heavy atom. The molecule has 1 aromatic heterocycles. The Balaban J connectivity index is 1.87. The van der Waals surface area contributed by atoms with Crippen LogP contribution in [0.2, 0.25) is 0 Å². The molecular weight excluding hydrogens is 384 g/mol. The van der Waals surface area contributed by atoms with Crippen LogP contribution in [-0.2, 0) is 4.79 Å². The first-order valence-electron chi connectivity index (χ1n) is 9.64. The minimum absolute atomic E-state index is 0.0162. The number of nitrogens with one attached hydrogen (secondary N) is 1. The highest BCUT2D eigenvalue weighted by Gasteiger charge is 2.24. The molecule has 156 valence electrons. The highest BCUT2D eigenvalue weighted by atomic mass is 16.5. The number of aromatic nitrogens is 1. The number of amides is 1. The SMILES string of the molecule is Cc1onc(-c2ccccc2)c1C(=O)N[C@@H](CC(=O)[O-])c1ccc(OC(C)C)cc1. The number of aliphatic carboxylic acids is 1. The van der Waals surface area contributed by atoms with Gasteiger partial charge in [0.15, 0.2) is 0 Å². The molecule has 0 aliphatic carbocycles. The van der Waals surface area contributed by atoms with E-state index in [1.165, 1.54) is 0 Å². The number of nitrogens with zero attached hydrogens (tertiary/aromatic N) is 1. The predicted molar refractivity (Wildman–Crippen MR) is 109 cm³/mol. The molecule has 1 N–H and O–H groups in total. The van der Waals surface area contributed by atoms with E-state index in [4.69, 9.17) is 9.26 Å². The largest absolute Gasteiger partial charge is 0.550 e. The second-order valence-electron chi connectivity index (χ2n) is 7.17. The van der Waals surface area contributed by atoms with Crippen molar-refractivity contribution in [3.63, 3.8) is 0 Å². The van der Waals surface area contributed by atoms with Crippen LogP contribution in [0.4, 0.5) is 0 Å². The molecular formula is C23H23N2O5-. The van der Waals surface area contributed by atoms with Gasteiger partial charge in [-0.05, 0) is 38.5 Å². The molecule has 3 rings (SSSR count). The van der Waals surface area contributed by atoms with Gasteiger partial charge in [0.05, 0.1) is 12.1 Å². The Labute approximate surface area is 174 Å². The summed E-state index contributed by atoms with van der Waals surface area (Å²) in [6.07, 6.45) is -0.358. The molecule has 30 heavy (non-hydrogen) atoms. The number of hydrogen-bond donors (Lipinski definition) is 1. The number of ether oxygens (including phenoxy) is 1. The third-order valence-electron chi connectivity index (χ3n) is 4.47. The normalized spacial score (nSPS) is 11.9. The molecule has 0 spiro atoms. The van der Waals surface area contributed by atoms with Crippen molar-refractivity contribution in [1.29, 1.82) is 0 Å². The molecule has 0 aliphatic rings. The van der Waals surface area contributed by atoms with Crippen molar-refractivity contribution >= 4 is 11.9 Å². The van der Waals surface area contributed by atoms with Crippen molar-refractivity contribution in [3.05, 3.63) is 71.5 Å². The number of rotatable bonds is 8. The van der Waals surface area contributed by atoms with Crippen molar-refractivity contribution in [2.75, 3.05) is 0 Å². The zero-order valence-electron chi connectivity index (χ0n) is 17.0. The molecule has 0 radical (unpaired) electrons. The summed E-state index contributed by atoms with van der Waals surface area (Å²) in [7, 11) is 0. The molecule has 1 heterocycles. The summed E-state index contributed by atoms with van der Waals surface area (Å²) >= 11 is 0. The summed E-state index contributed by atoms with van der Waals surface area (Å²) in [4.78, 5) is 24.4. The molecule has 0 aliphatic heterocycles. The van der Waals surface area contributed by atoms with Crippen LogP contribution in [0.3, 0.4) is 0 Å². The number of carboxylic acids is 1. The first kappa shape index (κ1) is 21.1. The van der Waals surface area contributed by atoms with Gasteiger partial charge in [0.25, 0.3) is 5.91 Å². The Bertz CT molecular complexity index is 1010. The van der Waals surface area contributed by atoms with Gasteiger partial charge in [-0.25, -0.2) is 0 Å². The van der Waals surface area contributed by atoms with Crippen molar-refractivity contribution < 1.29 is 24.0 Å². The Morgan fingerprint density at radius 3 is 2.37 bits per heavy atom. The number of benzene rings is 2. The summed E-state index contributed by atoms with van der Waals surface area (Å²) in [5.41, 5.74) is 2.02. The first-order chi connectivity index (χ1) is 14.3. The van der Waals surface area contributed by atoms with Crippen LogP contribution >= 0.6 is 0 Å². The molecule has 7 heteroatoms. The summed E-state index contributed by atoms with van der Waals surface area (Å²) in [5, 5.41) is 18.1. The third kappa shape index (κ3) is 5.05. The van der Waals surface area contributed by atoms with Crippen molar-refractivity contribution in [3.8, 4) is 17.0 Å². The predicted octanol–water partition coefficient (Wildman–Crippen LogP) is 3.05. The minimum Gasteiger partial charge on any atom is -0.550 e. The van der Waals surface area contributed by atoms with E-state index in [0.717, 1.165) is 5.56 Å². The topological polar surface area (TPSA) is 104 Å². The van der Waals surface area contributed by atoms with Crippen LogP contribution in [0, 0.1) is 6.92 Å².